The van der Waals surface area contributed by atoms with Gasteiger partial charge in [-0.2, -0.15) is 0 Å². The number of nitrogens with two attached hydrogens (primary N) is 1. The molecule has 0 fully saturated rings. The molecule has 0 radical (unpaired) electrons. The van der Waals surface area contributed by atoms with E-state index in [1.165, 1.54) is 5.56 Å². The summed E-state index contributed by atoms with van der Waals surface area (Å²) in [5, 5.41) is 0. The molecule has 1 aromatic carbocycles. The van der Waals surface area contributed by atoms with Crippen LogP contribution in [0.4, 0.5) is 0 Å². The highest BCUT2D eigenvalue weighted by molar-refractivity contribution is 5.79. The summed E-state index contributed by atoms with van der Waals surface area (Å²) in [5.74, 6) is 0.110. The van der Waals surface area contributed by atoms with Crippen molar-refractivity contribution in [2.24, 2.45) is 5.73 Å². The summed E-state index contributed by atoms with van der Waals surface area (Å²) in [7, 11) is 1.82. The molecule has 0 heterocycles. The van der Waals surface area contributed by atoms with Gasteiger partial charge in [-0.1, -0.05) is 23.8 Å². The van der Waals surface area contributed by atoms with E-state index in [1.807, 2.05) is 34.7 Å². The maximum absolute atomic E-state index is 12.3. The zero-order chi connectivity index (χ0) is 13.9. The van der Waals surface area contributed by atoms with Crippen molar-refractivity contribution in [3.8, 4) is 0 Å². The van der Waals surface area contributed by atoms with Crippen molar-refractivity contribution >= 4 is 5.91 Å². The summed E-state index contributed by atoms with van der Waals surface area (Å²) in [6.45, 7) is 8.50. The quantitative estimate of drug-likeness (QED) is 0.886. The molecule has 0 aliphatic carbocycles. The lowest BCUT2D eigenvalue weighted by atomic mass is 9.99. The minimum atomic E-state index is -0.297. The second-order valence-electron chi connectivity index (χ2n) is 5.58. The van der Waals surface area contributed by atoms with Gasteiger partial charge in [0.15, 0.2) is 0 Å². The third-order valence-corrected chi connectivity index (χ3v) is 3.63. The normalized spacial score (nSPS) is 11.4. The van der Waals surface area contributed by atoms with Gasteiger partial charge in [0.05, 0.1) is 6.42 Å². The van der Waals surface area contributed by atoms with Crippen LogP contribution >= 0.6 is 0 Å². The van der Waals surface area contributed by atoms with Crippen molar-refractivity contribution in [3.63, 3.8) is 0 Å². The van der Waals surface area contributed by atoms with Crippen molar-refractivity contribution in [1.82, 2.24) is 4.90 Å². The fourth-order valence-electron chi connectivity index (χ4n) is 1.75. The van der Waals surface area contributed by atoms with Crippen molar-refractivity contribution < 1.29 is 4.79 Å². The van der Waals surface area contributed by atoms with Gasteiger partial charge >= 0.3 is 0 Å². The third kappa shape index (κ3) is 3.33. The predicted molar refractivity (Wildman–Crippen MR) is 75.5 cm³/mol. The topological polar surface area (TPSA) is 46.3 Å². The van der Waals surface area contributed by atoms with E-state index in [2.05, 4.69) is 18.2 Å². The third-order valence-electron chi connectivity index (χ3n) is 3.63. The van der Waals surface area contributed by atoms with Crippen molar-refractivity contribution in [1.29, 1.82) is 0 Å². The Morgan fingerprint density at radius 1 is 1.33 bits per heavy atom. The fourth-order valence-corrected chi connectivity index (χ4v) is 1.75. The molecule has 0 aliphatic heterocycles. The average Bonchev–Trinajstić information content (AvgIpc) is 2.32. The summed E-state index contributed by atoms with van der Waals surface area (Å²) in [6.07, 6.45) is 0.438. The number of hydrogen-bond acceptors (Lipinski definition) is 2. The number of rotatable bonds is 4. The van der Waals surface area contributed by atoms with Gasteiger partial charge in [-0.3, -0.25) is 4.79 Å². The van der Waals surface area contributed by atoms with Crippen LogP contribution in [-0.2, 0) is 11.2 Å². The van der Waals surface area contributed by atoms with Crippen LogP contribution in [0.25, 0.3) is 0 Å². The van der Waals surface area contributed by atoms with Crippen LogP contribution in [0, 0.1) is 13.8 Å². The Hall–Kier alpha value is -1.35. The van der Waals surface area contributed by atoms with Crippen molar-refractivity contribution in [2.75, 3.05) is 13.6 Å². The molecule has 0 saturated carbocycles. The van der Waals surface area contributed by atoms with Gasteiger partial charge < -0.3 is 10.6 Å². The largest absolute Gasteiger partial charge is 0.339 e. The van der Waals surface area contributed by atoms with Crippen molar-refractivity contribution in [2.45, 2.75) is 39.7 Å². The first kappa shape index (κ1) is 14.7. The van der Waals surface area contributed by atoms with E-state index in [1.54, 1.807) is 4.90 Å². The Kier molecular flexibility index (Phi) is 4.52. The number of benzene rings is 1. The SMILES string of the molecule is Cc1ccc(C)c(CC(=O)N(C)C(C)(C)CN)c1. The molecule has 100 valence electrons. The molecule has 0 saturated heterocycles. The zero-order valence-corrected chi connectivity index (χ0v) is 12.1. The van der Waals surface area contributed by atoms with Crippen LogP contribution < -0.4 is 5.73 Å². The molecule has 2 N–H and O–H groups in total. The summed E-state index contributed by atoms with van der Waals surface area (Å²) in [6, 6.07) is 6.21. The van der Waals surface area contributed by atoms with E-state index in [9.17, 15) is 4.79 Å². The van der Waals surface area contributed by atoms with Crippen LogP contribution in [0.2, 0.25) is 0 Å². The molecule has 0 bridgehead atoms. The Morgan fingerprint density at radius 2 is 1.94 bits per heavy atom. The second kappa shape index (κ2) is 5.53. The molecule has 1 rings (SSSR count). The zero-order valence-electron chi connectivity index (χ0n) is 12.1. The summed E-state index contributed by atoms with van der Waals surface area (Å²) in [4.78, 5) is 14.0. The maximum atomic E-state index is 12.3. The number of amides is 1. The molecule has 3 heteroatoms. The number of hydrogen-bond donors (Lipinski definition) is 1. The van der Waals surface area contributed by atoms with Gasteiger partial charge in [0.25, 0.3) is 0 Å². The first-order chi connectivity index (χ1) is 8.27. The van der Waals surface area contributed by atoms with E-state index >= 15 is 0 Å². The monoisotopic (exact) mass is 248 g/mol. The average molecular weight is 248 g/mol. The molecule has 3 nitrogen and oxygen atoms in total. The molecule has 18 heavy (non-hydrogen) atoms. The highest BCUT2D eigenvalue weighted by Gasteiger charge is 2.26. The second-order valence-corrected chi connectivity index (χ2v) is 5.58. The highest BCUT2D eigenvalue weighted by atomic mass is 16.2. The molecule has 0 unspecified atom stereocenters. The smallest absolute Gasteiger partial charge is 0.227 e. The van der Waals surface area contributed by atoms with Gasteiger partial charge in [-0.15, -0.1) is 0 Å². The van der Waals surface area contributed by atoms with Crippen LogP contribution in [-0.4, -0.2) is 29.9 Å². The summed E-state index contributed by atoms with van der Waals surface area (Å²) in [5.41, 5.74) is 8.84. The van der Waals surface area contributed by atoms with Gasteiger partial charge in [0.2, 0.25) is 5.91 Å². The van der Waals surface area contributed by atoms with Gasteiger partial charge in [-0.05, 0) is 38.8 Å². The highest BCUT2D eigenvalue weighted by Crippen LogP contribution is 2.16. The standard InChI is InChI=1S/C15H24N2O/c1-11-6-7-12(2)13(8-11)9-14(18)17(5)15(3,4)10-16/h6-8H,9-10,16H2,1-5H3. The van der Waals surface area contributed by atoms with Gasteiger partial charge in [0, 0.05) is 19.1 Å². The Balaban J connectivity index is 2.85. The van der Waals surface area contributed by atoms with Crippen LogP contribution in [0.3, 0.4) is 0 Å². The Morgan fingerprint density at radius 3 is 2.50 bits per heavy atom. The molecule has 0 aromatic heterocycles. The van der Waals surface area contributed by atoms with Gasteiger partial charge in [-0.25, -0.2) is 0 Å². The van der Waals surface area contributed by atoms with E-state index in [4.69, 9.17) is 5.73 Å². The molecule has 0 aliphatic rings. The number of likely N-dealkylation sites (N-methyl/N-ethyl adjacent to an activating group) is 1. The molecular weight excluding hydrogens is 224 g/mol. The molecular formula is C15H24N2O. The Bertz CT molecular complexity index is 438. The summed E-state index contributed by atoms with van der Waals surface area (Å²) >= 11 is 0. The lowest BCUT2D eigenvalue weighted by Gasteiger charge is -2.34. The minimum absolute atomic E-state index is 0.110. The molecule has 0 spiro atoms. The predicted octanol–water partition coefficient (Wildman–Crippen LogP) is 2.04. The molecule has 0 atom stereocenters. The van der Waals surface area contributed by atoms with Crippen molar-refractivity contribution in [3.05, 3.63) is 34.9 Å². The van der Waals surface area contributed by atoms with Crippen LogP contribution in [0.15, 0.2) is 18.2 Å². The number of aryl methyl sites for hydroxylation is 2. The maximum Gasteiger partial charge on any atom is 0.227 e. The van der Waals surface area contributed by atoms with E-state index in [0.717, 1.165) is 11.1 Å². The lowest BCUT2D eigenvalue weighted by Crippen LogP contribution is -2.50. The lowest BCUT2D eigenvalue weighted by molar-refractivity contribution is -0.133. The van der Waals surface area contributed by atoms with Crippen LogP contribution in [0.5, 0.6) is 0 Å². The van der Waals surface area contributed by atoms with Gasteiger partial charge in [0.1, 0.15) is 0 Å². The number of carbonyl (C=O) groups excluding carboxylic acids is 1. The van der Waals surface area contributed by atoms with E-state index in [-0.39, 0.29) is 11.4 Å². The first-order valence-electron chi connectivity index (χ1n) is 6.31. The van der Waals surface area contributed by atoms with E-state index in [0.29, 0.717) is 13.0 Å². The van der Waals surface area contributed by atoms with Crippen LogP contribution in [0.1, 0.15) is 30.5 Å². The summed E-state index contributed by atoms with van der Waals surface area (Å²) < 4.78 is 0. The first-order valence-corrected chi connectivity index (χ1v) is 6.31. The molecule has 1 amide bonds. The van der Waals surface area contributed by atoms with E-state index < -0.39 is 0 Å². The minimum Gasteiger partial charge on any atom is -0.339 e. The molecule has 1 aromatic rings. The Labute approximate surface area is 110 Å². The number of nitrogens with zero attached hydrogens (tertiary/aromatic N) is 1. The fraction of sp³-hybridized carbons (Fsp3) is 0.533. The number of carbonyl (C=O) groups is 1.